The molecule has 9 nitrogen and oxygen atoms in total. The molecule has 1 aromatic rings. The van der Waals surface area contributed by atoms with Crippen LogP contribution in [0.3, 0.4) is 0 Å². The van der Waals surface area contributed by atoms with E-state index in [0.29, 0.717) is 25.1 Å². The Balaban J connectivity index is 2.58. The van der Waals surface area contributed by atoms with E-state index < -0.39 is 18.0 Å². The van der Waals surface area contributed by atoms with Crippen LogP contribution in [0, 0.1) is 5.92 Å². The van der Waals surface area contributed by atoms with Gasteiger partial charge in [-0.3, -0.25) is 19.2 Å². The molecule has 0 saturated carbocycles. The van der Waals surface area contributed by atoms with Crippen molar-refractivity contribution in [1.82, 2.24) is 16.1 Å². The van der Waals surface area contributed by atoms with Gasteiger partial charge in [-0.25, -0.2) is 5.48 Å². The van der Waals surface area contributed by atoms with Crippen molar-refractivity contribution in [3.63, 3.8) is 0 Å². The van der Waals surface area contributed by atoms with Crippen LogP contribution >= 0.6 is 0 Å². The molecule has 0 bridgehead atoms. The summed E-state index contributed by atoms with van der Waals surface area (Å²) in [5, 5.41) is 8.10. The van der Waals surface area contributed by atoms with Gasteiger partial charge in [-0.05, 0) is 43.9 Å². The van der Waals surface area contributed by atoms with Crippen LogP contribution in [0.4, 0.5) is 5.69 Å². The first kappa shape index (κ1) is 26.3. The van der Waals surface area contributed by atoms with E-state index in [1.54, 1.807) is 26.1 Å². The quantitative estimate of drug-likeness (QED) is 0.350. The number of hydrogen-bond donors (Lipinski definition) is 4. The van der Waals surface area contributed by atoms with Crippen LogP contribution in [0.1, 0.15) is 52.5 Å². The minimum absolute atomic E-state index is 0.0201. The maximum absolute atomic E-state index is 12.6. The fourth-order valence-electron chi connectivity index (χ4n) is 2.74. The summed E-state index contributed by atoms with van der Waals surface area (Å²) in [6.45, 7) is 7.07. The summed E-state index contributed by atoms with van der Waals surface area (Å²) in [4.78, 5) is 53.3. The van der Waals surface area contributed by atoms with Crippen molar-refractivity contribution in [2.24, 2.45) is 5.92 Å². The summed E-state index contributed by atoms with van der Waals surface area (Å²) >= 11 is 0. The molecule has 0 aliphatic rings. The molecule has 0 aromatic heterocycles. The summed E-state index contributed by atoms with van der Waals surface area (Å²) in [7, 11) is 1.67. The van der Waals surface area contributed by atoms with Gasteiger partial charge in [-0.15, -0.1) is 0 Å². The van der Waals surface area contributed by atoms with Crippen molar-refractivity contribution < 1.29 is 24.0 Å². The summed E-state index contributed by atoms with van der Waals surface area (Å²) in [5.41, 5.74) is 4.12. The molecule has 0 aliphatic heterocycles. The first-order valence-electron chi connectivity index (χ1n) is 10.4. The second-order valence-electron chi connectivity index (χ2n) is 7.75. The van der Waals surface area contributed by atoms with Gasteiger partial charge in [0, 0.05) is 25.6 Å². The smallest absolute Gasteiger partial charge is 0.246 e. The zero-order valence-electron chi connectivity index (χ0n) is 18.9. The Hall–Kier alpha value is -2.78. The van der Waals surface area contributed by atoms with Crippen molar-refractivity contribution in [2.75, 3.05) is 12.4 Å². The lowest BCUT2D eigenvalue weighted by atomic mass is 10.0. The second-order valence-corrected chi connectivity index (χ2v) is 7.75. The molecule has 0 radical (unpaired) electrons. The number of ketones is 1. The second kappa shape index (κ2) is 13.5. The van der Waals surface area contributed by atoms with Crippen LogP contribution in [-0.4, -0.2) is 42.6 Å². The molecule has 31 heavy (non-hydrogen) atoms. The SMILES string of the molecule is CNOCc1ccc(NC(=O)[C@@H](C)NC(=O)C(NC(=O)CCCC(C)=O)C(C)C)cc1. The van der Waals surface area contributed by atoms with Crippen molar-refractivity contribution in [3.8, 4) is 0 Å². The van der Waals surface area contributed by atoms with E-state index in [-0.39, 0.29) is 29.9 Å². The van der Waals surface area contributed by atoms with E-state index in [1.165, 1.54) is 6.92 Å². The lowest BCUT2D eigenvalue weighted by molar-refractivity contribution is -0.131. The number of rotatable bonds is 13. The molecule has 0 aliphatic carbocycles. The largest absolute Gasteiger partial charge is 0.344 e. The third-order valence-corrected chi connectivity index (χ3v) is 4.55. The fraction of sp³-hybridized carbons (Fsp3) is 0.545. The molecule has 0 spiro atoms. The Kier molecular flexibility index (Phi) is 11.4. The first-order chi connectivity index (χ1) is 14.6. The molecule has 0 fully saturated rings. The molecule has 9 heteroatoms. The topological polar surface area (TPSA) is 126 Å². The predicted octanol–water partition coefficient (Wildman–Crippen LogP) is 1.68. The maximum atomic E-state index is 12.6. The summed E-state index contributed by atoms with van der Waals surface area (Å²) in [6.07, 6.45) is 0.931. The van der Waals surface area contributed by atoms with Crippen LogP contribution in [0.25, 0.3) is 0 Å². The molecule has 0 heterocycles. The van der Waals surface area contributed by atoms with Crippen LogP contribution in [0.5, 0.6) is 0 Å². The minimum atomic E-state index is -0.796. The summed E-state index contributed by atoms with van der Waals surface area (Å²) in [6, 6.07) is 5.58. The molecule has 1 rings (SSSR count). The fourth-order valence-corrected chi connectivity index (χ4v) is 2.74. The van der Waals surface area contributed by atoms with Gasteiger partial charge in [-0.2, -0.15) is 0 Å². The number of hydrogen-bond acceptors (Lipinski definition) is 6. The van der Waals surface area contributed by atoms with E-state index in [4.69, 9.17) is 4.84 Å². The van der Waals surface area contributed by atoms with E-state index in [2.05, 4.69) is 21.4 Å². The molecule has 1 unspecified atom stereocenters. The number of benzene rings is 1. The zero-order valence-corrected chi connectivity index (χ0v) is 18.9. The van der Waals surface area contributed by atoms with Gasteiger partial charge in [0.1, 0.15) is 17.9 Å². The monoisotopic (exact) mass is 434 g/mol. The molecule has 1 aromatic carbocycles. The van der Waals surface area contributed by atoms with Gasteiger partial charge < -0.3 is 20.7 Å². The third-order valence-electron chi connectivity index (χ3n) is 4.55. The first-order valence-corrected chi connectivity index (χ1v) is 10.4. The van der Waals surface area contributed by atoms with E-state index in [1.807, 2.05) is 26.0 Å². The Morgan fingerprint density at radius 2 is 1.58 bits per heavy atom. The Morgan fingerprint density at radius 1 is 0.935 bits per heavy atom. The summed E-state index contributed by atoms with van der Waals surface area (Å²) in [5.74, 6) is -1.25. The third kappa shape index (κ3) is 10.2. The molecule has 2 atom stereocenters. The van der Waals surface area contributed by atoms with Gasteiger partial charge in [0.15, 0.2) is 0 Å². The number of carbonyl (C=O) groups excluding carboxylic acids is 4. The highest BCUT2D eigenvalue weighted by molar-refractivity contribution is 5.98. The van der Waals surface area contributed by atoms with Gasteiger partial charge >= 0.3 is 0 Å². The number of Topliss-reactive ketones (excluding diaryl/α,β-unsaturated/α-hetero) is 1. The highest BCUT2D eigenvalue weighted by Gasteiger charge is 2.26. The maximum Gasteiger partial charge on any atom is 0.246 e. The lowest BCUT2D eigenvalue weighted by Crippen LogP contribution is -2.53. The lowest BCUT2D eigenvalue weighted by Gasteiger charge is -2.24. The average molecular weight is 435 g/mol. The van der Waals surface area contributed by atoms with E-state index >= 15 is 0 Å². The molecule has 4 N–H and O–H groups in total. The highest BCUT2D eigenvalue weighted by atomic mass is 16.6. The standard InChI is InChI=1S/C22H34N4O5/c1-14(2)20(26-19(28)8-6-7-15(3)27)22(30)24-16(4)21(29)25-18-11-9-17(10-12-18)13-31-23-5/h9-12,14,16,20,23H,6-8,13H2,1-5H3,(H,24,30)(H,25,29)(H,26,28)/t16-,20?/m1/s1. The number of hydroxylamine groups is 1. The van der Waals surface area contributed by atoms with Gasteiger partial charge in [0.05, 0.1) is 6.61 Å². The molecule has 172 valence electrons. The summed E-state index contributed by atoms with van der Waals surface area (Å²) < 4.78 is 0. The molecular weight excluding hydrogens is 400 g/mol. The average Bonchev–Trinajstić information content (AvgIpc) is 2.70. The van der Waals surface area contributed by atoms with Crippen molar-refractivity contribution in [1.29, 1.82) is 0 Å². The number of carbonyl (C=O) groups is 4. The predicted molar refractivity (Wildman–Crippen MR) is 118 cm³/mol. The van der Waals surface area contributed by atoms with Crippen LogP contribution in [0.15, 0.2) is 24.3 Å². The van der Waals surface area contributed by atoms with E-state index in [0.717, 1.165) is 5.56 Å². The van der Waals surface area contributed by atoms with Gasteiger partial charge in [-0.1, -0.05) is 26.0 Å². The molecule has 3 amide bonds. The highest BCUT2D eigenvalue weighted by Crippen LogP contribution is 2.11. The van der Waals surface area contributed by atoms with Crippen LogP contribution < -0.4 is 21.4 Å². The van der Waals surface area contributed by atoms with Crippen molar-refractivity contribution >= 4 is 29.2 Å². The van der Waals surface area contributed by atoms with Crippen molar-refractivity contribution in [3.05, 3.63) is 29.8 Å². The van der Waals surface area contributed by atoms with Gasteiger partial charge in [0.2, 0.25) is 17.7 Å². The number of nitrogens with one attached hydrogen (secondary N) is 4. The Labute approximate surface area is 183 Å². The van der Waals surface area contributed by atoms with E-state index in [9.17, 15) is 19.2 Å². The Morgan fingerprint density at radius 3 is 2.13 bits per heavy atom. The van der Waals surface area contributed by atoms with Crippen LogP contribution in [-0.2, 0) is 30.6 Å². The Bertz CT molecular complexity index is 749. The minimum Gasteiger partial charge on any atom is -0.344 e. The molecular formula is C22H34N4O5. The van der Waals surface area contributed by atoms with Crippen LogP contribution in [0.2, 0.25) is 0 Å². The zero-order chi connectivity index (χ0) is 23.4. The molecule has 0 saturated heterocycles. The number of amides is 3. The van der Waals surface area contributed by atoms with Gasteiger partial charge in [0.25, 0.3) is 0 Å². The normalized spacial score (nSPS) is 12.7. The number of anilines is 1. The van der Waals surface area contributed by atoms with Crippen molar-refractivity contribution in [2.45, 2.75) is 65.6 Å².